The van der Waals surface area contributed by atoms with E-state index in [-0.39, 0.29) is 11.2 Å². The molecule has 100 valence electrons. The Morgan fingerprint density at radius 3 is 2.89 bits per heavy atom. The van der Waals surface area contributed by atoms with Crippen LogP contribution in [-0.4, -0.2) is 21.4 Å². The number of carbonyl (C=O) groups excluding carboxylic acids is 1. The molecule has 5 nitrogen and oxygen atoms in total. The van der Waals surface area contributed by atoms with Crippen molar-refractivity contribution in [3.05, 3.63) is 29.8 Å². The normalized spacial score (nSPS) is 12.1. The SMILES string of the molecule is Cc1cccc(NC(=O)[C@@H](C)Sc2nnc(N)s2)c1. The summed E-state index contributed by atoms with van der Waals surface area (Å²) < 4.78 is 0.699. The first-order valence-corrected chi connectivity index (χ1v) is 7.37. The molecule has 1 aromatic carbocycles. The molecule has 0 fully saturated rings. The maximum atomic E-state index is 12.0. The number of hydrogen-bond acceptors (Lipinski definition) is 6. The molecule has 1 amide bonds. The van der Waals surface area contributed by atoms with Crippen molar-refractivity contribution in [3.8, 4) is 0 Å². The molecule has 2 aromatic rings. The largest absolute Gasteiger partial charge is 0.374 e. The van der Waals surface area contributed by atoms with Gasteiger partial charge in [0.15, 0.2) is 4.34 Å². The van der Waals surface area contributed by atoms with Gasteiger partial charge in [-0.3, -0.25) is 4.79 Å². The number of nitrogens with one attached hydrogen (secondary N) is 1. The predicted molar refractivity (Wildman–Crippen MR) is 79.4 cm³/mol. The minimum absolute atomic E-state index is 0.0654. The van der Waals surface area contributed by atoms with E-state index in [2.05, 4.69) is 15.5 Å². The van der Waals surface area contributed by atoms with Gasteiger partial charge in [-0.2, -0.15) is 0 Å². The van der Waals surface area contributed by atoms with Gasteiger partial charge in [0.05, 0.1) is 5.25 Å². The maximum Gasteiger partial charge on any atom is 0.237 e. The molecular formula is C12H14N4OS2. The highest BCUT2D eigenvalue weighted by atomic mass is 32.2. The number of aromatic nitrogens is 2. The Morgan fingerprint density at radius 2 is 2.26 bits per heavy atom. The standard InChI is InChI=1S/C12H14N4OS2/c1-7-4-3-5-9(6-7)14-10(17)8(2)18-12-16-15-11(13)19-12/h3-6,8H,1-2H3,(H2,13,15)(H,14,17)/t8-/m1/s1. The molecule has 0 aliphatic carbocycles. The first kappa shape index (κ1) is 13.8. The van der Waals surface area contributed by atoms with Gasteiger partial charge >= 0.3 is 0 Å². The summed E-state index contributed by atoms with van der Waals surface area (Å²) in [5, 5.41) is 10.6. The third kappa shape index (κ3) is 3.93. The third-order valence-electron chi connectivity index (χ3n) is 2.35. The molecule has 19 heavy (non-hydrogen) atoms. The van der Waals surface area contributed by atoms with Crippen molar-refractivity contribution < 1.29 is 4.79 Å². The van der Waals surface area contributed by atoms with Gasteiger partial charge in [0.2, 0.25) is 11.0 Å². The minimum Gasteiger partial charge on any atom is -0.374 e. The average Bonchev–Trinajstić information content (AvgIpc) is 2.74. The van der Waals surface area contributed by atoms with Crippen LogP contribution in [0.3, 0.4) is 0 Å². The molecule has 0 bridgehead atoms. The highest BCUT2D eigenvalue weighted by molar-refractivity contribution is 8.02. The van der Waals surface area contributed by atoms with Crippen LogP contribution < -0.4 is 11.1 Å². The Balaban J connectivity index is 1.96. The lowest BCUT2D eigenvalue weighted by atomic mass is 10.2. The molecule has 0 aliphatic rings. The van der Waals surface area contributed by atoms with Crippen molar-refractivity contribution in [2.24, 2.45) is 0 Å². The first-order valence-electron chi connectivity index (χ1n) is 5.68. The number of aryl methyl sites for hydroxylation is 1. The van der Waals surface area contributed by atoms with E-state index < -0.39 is 0 Å². The molecule has 0 aliphatic heterocycles. The van der Waals surface area contributed by atoms with Gasteiger partial charge in [0.1, 0.15) is 0 Å². The van der Waals surface area contributed by atoms with E-state index in [4.69, 9.17) is 5.73 Å². The molecule has 1 atom stereocenters. The number of anilines is 2. The third-order valence-corrected chi connectivity index (χ3v) is 4.29. The monoisotopic (exact) mass is 294 g/mol. The second kappa shape index (κ2) is 6.03. The zero-order valence-electron chi connectivity index (χ0n) is 10.6. The molecule has 0 radical (unpaired) electrons. The Labute approximate surface area is 119 Å². The number of nitrogens with zero attached hydrogens (tertiary/aromatic N) is 2. The van der Waals surface area contributed by atoms with Crippen LogP contribution in [0, 0.1) is 6.92 Å². The van der Waals surface area contributed by atoms with Crippen LogP contribution in [0.1, 0.15) is 12.5 Å². The van der Waals surface area contributed by atoms with Crippen LogP contribution in [0.5, 0.6) is 0 Å². The smallest absolute Gasteiger partial charge is 0.237 e. The number of thioether (sulfide) groups is 1. The fraction of sp³-hybridized carbons (Fsp3) is 0.250. The molecule has 7 heteroatoms. The van der Waals surface area contributed by atoms with Gasteiger partial charge in [-0.15, -0.1) is 10.2 Å². The van der Waals surface area contributed by atoms with Crippen LogP contribution in [-0.2, 0) is 4.79 Å². The van der Waals surface area contributed by atoms with Crippen molar-refractivity contribution in [2.75, 3.05) is 11.1 Å². The van der Waals surface area contributed by atoms with Crippen LogP contribution >= 0.6 is 23.1 Å². The van der Waals surface area contributed by atoms with Gasteiger partial charge in [-0.25, -0.2) is 0 Å². The van der Waals surface area contributed by atoms with E-state index in [9.17, 15) is 4.79 Å². The number of nitrogens with two attached hydrogens (primary N) is 1. The topological polar surface area (TPSA) is 80.9 Å². The summed E-state index contributed by atoms with van der Waals surface area (Å²) in [5.74, 6) is -0.0654. The lowest BCUT2D eigenvalue weighted by Crippen LogP contribution is -2.22. The van der Waals surface area contributed by atoms with Gasteiger partial charge in [-0.1, -0.05) is 35.2 Å². The zero-order valence-corrected chi connectivity index (χ0v) is 12.2. The Kier molecular flexibility index (Phi) is 4.39. The molecule has 0 spiro atoms. The second-order valence-electron chi connectivity index (χ2n) is 4.03. The van der Waals surface area contributed by atoms with Crippen LogP contribution in [0.25, 0.3) is 0 Å². The van der Waals surface area contributed by atoms with Gasteiger partial charge in [-0.05, 0) is 31.5 Å². The number of benzene rings is 1. The van der Waals surface area contributed by atoms with Crippen LogP contribution in [0.4, 0.5) is 10.8 Å². The number of nitrogen functional groups attached to an aromatic ring is 1. The Hall–Kier alpha value is -1.60. The number of carbonyl (C=O) groups is 1. The fourth-order valence-electron chi connectivity index (χ4n) is 1.44. The number of hydrogen-bond donors (Lipinski definition) is 2. The summed E-state index contributed by atoms with van der Waals surface area (Å²) in [6.45, 7) is 3.81. The highest BCUT2D eigenvalue weighted by Gasteiger charge is 2.16. The summed E-state index contributed by atoms with van der Waals surface area (Å²) in [5.41, 5.74) is 7.41. The van der Waals surface area contributed by atoms with E-state index in [0.29, 0.717) is 9.47 Å². The van der Waals surface area contributed by atoms with Gasteiger partial charge < -0.3 is 11.1 Å². The van der Waals surface area contributed by atoms with Crippen molar-refractivity contribution in [2.45, 2.75) is 23.4 Å². The Bertz CT molecular complexity index is 585. The van der Waals surface area contributed by atoms with E-state index in [1.54, 1.807) is 0 Å². The van der Waals surface area contributed by atoms with Crippen molar-refractivity contribution in [1.82, 2.24) is 10.2 Å². The molecule has 0 unspecified atom stereocenters. The van der Waals surface area contributed by atoms with Gasteiger partial charge in [0, 0.05) is 5.69 Å². The summed E-state index contributed by atoms with van der Waals surface area (Å²) in [4.78, 5) is 12.0. The molecule has 0 saturated heterocycles. The zero-order chi connectivity index (χ0) is 13.8. The van der Waals surface area contributed by atoms with Crippen LogP contribution in [0.2, 0.25) is 0 Å². The van der Waals surface area contributed by atoms with Gasteiger partial charge in [0.25, 0.3) is 0 Å². The molecule has 3 N–H and O–H groups in total. The van der Waals surface area contributed by atoms with E-state index >= 15 is 0 Å². The lowest BCUT2D eigenvalue weighted by Gasteiger charge is -2.10. The molecule has 1 heterocycles. The summed E-state index contributed by atoms with van der Waals surface area (Å²) in [6, 6.07) is 7.69. The molecular weight excluding hydrogens is 280 g/mol. The predicted octanol–water partition coefficient (Wildman–Crippen LogP) is 2.55. The number of rotatable bonds is 4. The summed E-state index contributed by atoms with van der Waals surface area (Å²) in [7, 11) is 0. The molecule has 2 rings (SSSR count). The second-order valence-corrected chi connectivity index (χ2v) is 6.62. The lowest BCUT2D eigenvalue weighted by molar-refractivity contribution is -0.115. The van der Waals surface area contributed by atoms with E-state index in [1.165, 1.54) is 23.1 Å². The quantitative estimate of drug-likeness (QED) is 0.847. The van der Waals surface area contributed by atoms with Crippen molar-refractivity contribution in [3.63, 3.8) is 0 Å². The van der Waals surface area contributed by atoms with Crippen molar-refractivity contribution >= 4 is 39.8 Å². The first-order chi connectivity index (χ1) is 9.04. The molecule has 1 aromatic heterocycles. The Morgan fingerprint density at radius 1 is 1.47 bits per heavy atom. The van der Waals surface area contributed by atoms with E-state index in [0.717, 1.165) is 11.3 Å². The summed E-state index contributed by atoms with van der Waals surface area (Å²) >= 11 is 2.63. The van der Waals surface area contributed by atoms with Crippen LogP contribution in [0.15, 0.2) is 28.6 Å². The fourth-order valence-corrected chi connectivity index (χ4v) is 3.22. The highest BCUT2D eigenvalue weighted by Crippen LogP contribution is 2.28. The molecule has 0 saturated carbocycles. The average molecular weight is 294 g/mol. The number of amides is 1. The minimum atomic E-state index is -0.257. The van der Waals surface area contributed by atoms with Crippen molar-refractivity contribution in [1.29, 1.82) is 0 Å². The maximum absolute atomic E-state index is 12.0. The van der Waals surface area contributed by atoms with E-state index in [1.807, 2.05) is 38.1 Å². The summed E-state index contributed by atoms with van der Waals surface area (Å²) in [6.07, 6.45) is 0.